The maximum atomic E-state index is 6.26. The molecule has 2 aliphatic carbocycles. The highest BCUT2D eigenvalue weighted by molar-refractivity contribution is 5.58. The van der Waals surface area contributed by atoms with Crippen LogP contribution in [0.25, 0.3) is 0 Å². The minimum Gasteiger partial charge on any atom is -0.399 e. The molecule has 0 aliphatic heterocycles. The summed E-state index contributed by atoms with van der Waals surface area (Å²) >= 11 is 0. The Bertz CT molecular complexity index is 1310. The Hall–Kier alpha value is -3.40. The van der Waals surface area contributed by atoms with Crippen LogP contribution in [0.5, 0.6) is 0 Å². The van der Waals surface area contributed by atoms with E-state index in [1.165, 1.54) is 50.9 Å². The number of hydrogen-bond donors (Lipinski definition) is 4. The summed E-state index contributed by atoms with van der Waals surface area (Å²) < 4.78 is 0. The van der Waals surface area contributed by atoms with Gasteiger partial charge in [0.2, 0.25) is 0 Å². The van der Waals surface area contributed by atoms with Crippen molar-refractivity contribution < 1.29 is 0 Å². The van der Waals surface area contributed by atoms with Gasteiger partial charge in [0, 0.05) is 22.8 Å². The second-order valence-electron chi connectivity index (χ2n) is 13.7. The van der Waals surface area contributed by atoms with Crippen LogP contribution >= 0.6 is 0 Å². The predicted molar refractivity (Wildman–Crippen MR) is 203 cm³/mol. The van der Waals surface area contributed by atoms with Crippen LogP contribution in [0, 0.1) is 10.8 Å². The van der Waals surface area contributed by atoms with Crippen molar-refractivity contribution in [2.45, 2.75) is 132 Å². The van der Waals surface area contributed by atoms with Crippen LogP contribution in [-0.2, 0) is 32.1 Å². The molecule has 0 bridgehead atoms. The van der Waals surface area contributed by atoms with Crippen LogP contribution in [0.15, 0.2) is 71.1 Å². The maximum absolute atomic E-state index is 6.26. The first-order valence-corrected chi connectivity index (χ1v) is 18.1. The molecular formula is C42H64N4. The number of anilines is 2. The number of allylic oxidation sites excluding steroid dienone is 6. The second-order valence-corrected chi connectivity index (χ2v) is 13.7. The van der Waals surface area contributed by atoms with Gasteiger partial charge in [0.1, 0.15) is 0 Å². The summed E-state index contributed by atoms with van der Waals surface area (Å²) in [6, 6.07) is 9.06. The van der Waals surface area contributed by atoms with Crippen molar-refractivity contribution in [3.8, 4) is 0 Å². The predicted octanol–water partition coefficient (Wildman–Crippen LogP) is 10.0. The highest BCUT2D eigenvalue weighted by Crippen LogP contribution is 2.51. The monoisotopic (exact) mass is 625 g/mol. The highest BCUT2D eigenvalue weighted by Gasteiger charge is 2.39. The Labute approximate surface area is 281 Å². The molecule has 0 fully saturated rings. The first-order valence-electron chi connectivity index (χ1n) is 18.1. The molecule has 4 heteroatoms. The largest absolute Gasteiger partial charge is 0.399 e. The number of hydrogen-bond acceptors (Lipinski definition) is 4. The Balaban J connectivity index is 0.000000250. The summed E-state index contributed by atoms with van der Waals surface area (Å²) in [6.07, 6.45) is 21.8. The molecule has 0 heterocycles. The van der Waals surface area contributed by atoms with E-state index in [-0.39, 0.29) is 10.8 Å². The van der Waals surface area contributed by atoms with Gasteiger partial charge in [-0.05, 0) is 145 Å². The molecule has 2 aromatic carbocycles. The van der Waals surface area contributed by atoms with Gasteiger partial charge in [0.25, 0.3) is 0 Å². The van der Waals surface area contributed by atoms with E-state index in [0.29, 0.717) is 0 Å². The molecule has 0 amide bonds. The lowest BCUT2D eigenvalue weighted by Crippen LogP contribution is -2.33. The minimum atomic E-state index is 0.236. The van der Waals surface area contributed by atoms with Gasteiger partial charge in [-0.15, -0.1) is 0 Å². The molecule has 4 rings (SSSR count). The molecular weight excluding hydrogens is 560 g/mol. The van der Waals surface area contributed by atoms with Gasteiger partial charge in [0.15, 0.2) is 0 Å². The van der Waals surface area contributed by atoms with Crippen molar-refractivity contribution in [1.29, 1.82) is 0 Å². The molecule has 0 spiro atoms. The standard InChI is InChI=1S/C21H30N2.C21H34N2/c1-5-16-10-14(11-17(6-2)20(16)22)9-15-12-18(7-3)21(23)19(8-4)13-15;1-5-16-13-20(7-3,11-9-18(16)22)15-21(8-4)12-10-19(23)17(6-2)14-21/h10-13H,5-9,22-23H2,1-4H3;9-12H,5-8,13-15,22-23H2,1-4H3. The van der Waals surface area contributed by atoms with Crippen LogP contribution in [-0.4, -0.2) is 0 Å². The molecule has 0 saturated carbocycles. The molecule has 0 saturated heterocycles. The molecule has 8 N–H and O–H groups in total. The summed E-state index contributed by atoms with van der Waals surface area (Å²) in [7, 11) is 0. The van der Waals surface area contributed by atoms with Crippen LogP contribution in [0.1, 0.15) is 134 Å². The number of benzene rings is 2. The Morgan fingerprint density at radius 1 is 0.500 bits per heavy atom. The average molecular weight is 625 g/mol. The van der Waals surface area contributed by atoms with Gasteiger partial charge < -0.3 is 22.9 Å². The Morgan fingerprint density at radius 2 is 0.826 bits per heavy atom. The van der Waals surface area contributed by atoms with Gasteiger partial charge in [0.05, 0.1) is 0 Å². The third-order valence-corrected chi connectivity index (χ3v) is 10.9. The lowest BCUT2D eigenvalue weighted by atomic mass is 9.61. The zero-order valence-corrected chi connectivity index (χ0v) is 30.4. The summed E-state index contributed by atoms with van der Waals surface area (Å²) in [4.78, 5) is 0. The number of aryl methyl sites for hydroxylation is 4. The first kappa shape index (κ1) is 37.1. The molecule has 2 aliphatic rings. The third kappa shape index (κ3) is 8.49. The lowest BCUT2D eigenvalue weighted by molar-refractivity contribution is 0.193. The Morgan fingerprint density at radius 3 is 1.09 bits per heavy atom. The average Bonchev–Trinajstić information content (AvgIpc) is 3.08. The van der Waals surface area contributed by atoms with Gasteiger partial charge in [-0.2, -0.15) is 0 Å². The summed E-state index contributed by atoms with van der Waals surface area (Å²) in [5, 5.41) is 0. The zero-order chi connectivity index (χ0) is 34.1. The van der Waals surface area contributed by atoms with Crippen molar-refractivity contribution in [1.82, 2.24) is 0 Å². The SMILES string of the molecule is CCC1=C(N)C=CC(CC)(CC2(CC)C=CC(N)=C(CC)C2)C1.CCc1cc(Cc2cc(CC)c(N)c(CC)c2)cc(CC)c1N. The van der Waals surface area contributed by atoms with Crippen molar-refractivity contribution in [3.63, 3.8) is 0 Å². The molecule has 2 aromatic rings. The smallest absolute Gasteiger partial charge is 0.0379 e. The van der Waals surface area contributed by atoms with Crippen LogP contribution < -0.4 is 22.9 Å². The summed E-state index contributed by atoms with van der Waals surface area (Å²) in [5.74, 6) is 0. The summed E-state index contributed by atoms with van der Waals surface area (Å²) in [5.41, 5.74) is 39.9. The van der Waals surface area contributed by atoms with Crippen LogP contribution in [0.2, 0.25) is 0 Å². The van der Waals surface area contributed by atoms with E-state index in [2.05, 4.69) is 104 Å². The van der Waals surface area contributed by atoms with Crippen molar-refractivity contribution in [2.75, 3.05) is 11.5 Å². The fourth-order valence-electron chi connectivity index (χ4n) is 7.59. The van der Waals surface area contributed by atoms with Gasteiger partial charge in [-0.1, -0.05) is 91.8 Å². The summed E-state index contributed by atoms with van der Waals surface area (Å²) in [6.45, 7) is 17.8. The van der Waals surface area contributed by atoms with Crippen LogP contribution in [0.4, 0.5) is 11.4 Å². The van der Waals surface area contributed by atoms with E-state index in [4.69, 9.17) is 22.9 Å². The molecule has 0 radical (unpaired) electrons. The minimum absolute atomic E-state index is 0.236. The molecule has 46 heavy (non-hydrogen) atoms. The first-order chi connectivity index (χ1) is 22.0. The molecule has 0 aromatic heterocycles. The van der Waals surface area contributed by atoms with E-state index in [9.17, 15) is 0 Å². The molecule has 4 nitrogen and oxygen atoms in total. The molecule has 2 atom stereocenters. The zero-order valence-electron chi connectivity index (χ0n) is 30.4. The number of rotatable bonds is 12. The van der Waals surface area contributed by atoms with E-state index < -0.39 is 0 Å². The third-order valence-electron chi connectivity index (χ3n) is 10.9. The normalized spacial score (nSPS) is 21.0. The van der Waals surface area contributed by atoms with E-state index >= 15 is 0 Å². The van der Waals surface area contributed by atoms with Gasteiger partial charge in [-0.3, -0.25) is 0 Å². The van der Waals surface area contributed by atoms with E-state index in [0.717, 1.165) is 93.4 Å². The Kier molecular flexibility index (Phi) is 13.2. The van der Waals surface area contributed by atoms with Crippen LogP contribution in [0.3, 0.4) is 0 Å². The number of nitrogen functional groups attached to an aromatic ring is 2. The van der Waals surface area contributed by atoms with Crippen molar-refractivity contribution >= 4 is 11.4 Å². The quantitative estimate of drug-likeness (QED) is 0.176. The fraction of sp³-hybridized carbons (Fsp3) is 0.524. The van der Waals surface area contributed by atoms with Gasteiger partial charge >= 0.3 is 0 Å². The van der Waals surface area contributed by atoms with Crippen molar-refractivity contribution in [3.05, 3.63) is 104 Å². The lowest BCUT2D eigenvalue weighted by Gasteiger charge is -2.44. The molecule has 252 valence electrons. The maximum Gasteiger partial charge on any atom is 0.0379 e. The number of nitrogens with two attached hydrogens (primary N) is 4. The highest BCUT2D eigenvalue weighted by atomic mass is 14.6. The fourth-order valence-corrected chi connectivity index (χ4v) is 7.59. The molecule has 2 unspecified atom stereocenters. The van der Waals surface area contributed by atoms with E-state index in [1.807, 2.05) is 0 Å². The topological polar surface area (TPSA) is 104 Å². The van der Waals surface area contributed by atoms with Gasteiger partial charge in [-0.25, -0.2) is 0 Å². The second kappa shape index (κ2) is 16.4. The van der Waals surface area contributed by atoms with E-state index in [1.54, 1.807) is 0 Å². The van der Waals surface area contributed by atoms with Crippen molar-refractivity contribution in [2.24, 2.45) is 22.3 Å².